The van der Waals surface area contributed by atoms with Crippen LogP contribution >= 0.6 is 0 Å². The first-order chi connectivity index (χ1) is 12.2. The molecule has 3 heterocycles. The third kappa shape index (κ3) is 4.82. The monoisotopic (exact) mass is 347 g/mol. The molecule has 2 saturated heterocycles. The molecule has 1 N–H and O–H groups in total. The topological polar surface area (TPSA) is 78.0 Å². The molecular weight excluding hydrogens is 322 g/mol. The van der Waals surface area contributed by atoms with Crippen LogP contribution in [0.1, 0.15) is 6.42 Å². The summed E-state index contributed by atoms with van der Waals surface area (Å²) < 4.78 is 5.23. The normalized spacial score (nSPS) is 18.2. The predicted molar refractivity (Wildman–Crippen MR) is 93.4 cm³/mol. The van der Waals surface area contributed by atoms with Crippen LogP contribution in [0.15, 0.2) is 24.4 Å². The van der Waals surface area contributed by atoms with E-state index >= 15 is 0 Å². The van der Waals surface area contributed by atoms with Gasteiger partial charge in [0.2, 0.25) is 5.91 Å². The maximum atomic E-state index is 12.2. The van der Waals surface area contributed by atoms with Crippen molar-refractivity contribution in [1.82, 2.24) is 20.1 Å². The molecule has 1 aromatic rings. The number of ether oxygens (including phenoxy) is 1. The number of carbonyl (C=O) groups is 2. The van der Waals surface area contributed by atoms with E-state index in [9.17, 15) is 9.59 Å². The number of morpholine rings is 1. The van der Waals surface area contributed by atoms with Gasteiger partial charge in [-0.2, -0.15) is 0 Å². The van der Waals surface area contributed by atoms with Gasteiger partial charge >= 0.3 is 6.03 Å². The van der Waals surface area contributed by atoms with Gasteiger partial charge in [-0.15, -0.1) is 0 Å². The largest absolute Gasteiger partial charge is 0.378 e. The summed E-state index contributed by atoms with van der Waals surface area (Å²) >= 11 is 0. The lowest BCUT2D eigenvalue weighted by molar-refractivity contribution is -0.135. The van der Waals surface area contributed by atoms with Gasteiger partial charge in [-0.3, -0.25) is 4.79 Å². The second-order valence-corrected chi connectivity index (χ2v) is 6.14. The molecule has 136 valence electrons. The van der Waals surface area contributed by atoms with E-state index in [-0.39, 0.29) is 11.9 Å². The Labute approximate surface area is 147 Å². The molecule has 25 heavy (non-hydrogen) atoms. The number of hydrogen-bond acceptors (Lipinski definition) is 5. The van der Waals surface area contributed by atoms with E-state index in [0.29, 0.717) is 52.4 Å². The smallest absolute Gasteiger partial charge is 0.317 e. The van der Waals surface area contributed by atoms with Crippen LogP contribution in [0.2, 0.25) is 0 Å². The Bertz CT molecular complexity index is 569. The Balaban J connectivity index is 1.36. The van der Waals surface area contributed by atoms with Crippen molar-refractivity contribution in [2.24, 2.45) is 0 Å². The molecule has 2 fully saturated rings. The van der Waals surface area contributed by atoms with Gasteiger partial charge in [0.05, 0.1) is 13.2 Å². The SMILES string of the molecule is O=C(CCNC(=O)N1CCN(c2ccccn2)CC1)N1CCOCC1. The molecule has 0 saturated carbocycles. The molecule has 3 rings (SSSR count). The van der Waals surface area contributed by atoms with Crippen molar-refractivity contribution in [1.29, 1.82) is 0 Å². The Morgan fingerprint density at radius 3 is 2.48 bits per heavy atom. The first-order valence-corrected chi connectivity index (χ1v) is 8.78. The minimum atomic E-state index is -0.101. The minimum absolute atomic E-state index is 0.0728. The zero-order valence-corrected chi connectivity index (χ0v) is 14.4. The summed E-state index contributed by atoms with van der Waals surface area (Å²) in [6.45, 7) is 5.67. The zero-order chi connectivity index (χ0) is 17.5. The first-order valence-electron chi connectivity index (χ1n) is 8.78. The van der Waals surface area contributed by atoms with Crippen LogP contribution in [0.5, 0.6) is 0 Å². The Hall–Kier alpha value is -2.35. The molecule has 1 aromatic heterocycles. The highest BCUT2D eigenvalue weighted by Crippen LogP contribution is 2.12. The van der Waals surface area contributed by atoms with Crippen molar-refractivity contribution >= 4 is 17.8 Å². The summed E-state index contributed by atoms with van der Waals surface area (Å²) in [4.78, 5) is 34.4. The Kier molecular flexibility index (Phi) is 6.05. The summed E-state index contributed by atoms with van der Waals surface area (Å²) in [7, 11) is 0. The van der Waals surface area contributed by atoms with Crippen molar-refractivity contribution < 1.29 is 14.3 Å². The van der Waals surface area contributed by atoms with Crippen molar-refractivity contribution in [3.63, 3.8) is 0 Å². The van der Waals surface area contributed by atoms with Gasteiger partial charge in [-0.05, 0) is 12.1 Å². The maximum Gasteiger partial charge on any atom is 0.317 e. The van der Waals surface area contributed by atoms with E-state index in [2.05, 4.69) is 15.2 Å². The lowest BCUT2D eigenvalue weighted by Gasteiger charge is -2.35. The molecule has 0 unspecified atom stereocenters. The van der Waals surface area contributed by atoms with Crippen LogP contribution < -0.4 is 10.2 Å². The lowest BCUT2D eigenvalue weighted by atomic mass is 10.3. The average Bonchev–Trinajstić information content (AvgIpc) is 2.69. The molecule has 3 amide bonds. The number of carbonyl (C=O) groups excluding carboxylic acids is 2. The molecule has 0 radical (unpaired) electrons. The second kappa shape index (κ2) is 8.66. The molecule has 0 aliphatic carbocycles. The molecule has 2 aliphatic rings. The number of nitrogens with one attached hydrogen (secondary N) is 1. The first kappa shape index (κ1) is 17.5. The maximum absolute atomic E-state index is 12.2. The second-order valence-electron chi connectivity index (χ2n) is 6.14. The summed E-state index contributed by atoms with van der Waals surface area (Å²) in [5.74, 6) is 1.02. The van der Waals surface area contributed by atoms with E-state index in [0.717, 1.165) is 18.9 Å². The molecule has 8 nitrogen and oxygen atoms in total. The van der Waals surface area contributed by atoms with Gasteiger partial charge < -0.3 is 24.8 Å². The number of aromatic nitrogens is 1. The van der Waals surface area contributed by atoms with Crippen LogP contribution in [0.4, 0.5) is 10.6 Å². The molecule has 8 heteroatoms. The number of pyridine rings is 1. The number of rotatable bonds is 4. The van der Waals surface area contributed by atoms with E-state index in [1.807, 2.05) is 18.2 Å². The highest BCUT2D eigenvalue weighted by Gasteiger charge is 2.22. The predicted octanol–water partition coefficient (Wildman–Crippen LogP) is 0.162. The number of amides is 3. The van der Waals surface area contributed by atoms with Gasteiger partial charge in [0.25, 0.3) is 0 Å². The summed E-state index contributed by atoms with van der Waals surface area (Å²) in [6, 6.07) is 5.74. The van der Waals surface area contributed by atoms with Crippen molar-refractivity contribution in [3.8, 4) is 0 Å². The van der Waals surface area contributed by atoms with Crippen LogP contribution in [0, 0.1) is 0 Å². The van der Waals surface area contributed by atoms with Gasteiger partial charge in [-0.25, -0.2) is 9.78 Å². The number of nitrogens with zero attached hydrogens (tertiary/aromatic N) is 4. The fourth-order valence-electron chi connectivity index (χ4n) is 3.04. The highest BCUT2D eigenvalue weighted by atomic mass is 16.5. The van der Waals surface area contributed by atoms with Crippen molar-refractivity contribution in [2.75, 3.05) is 63.9 Å². The summed E-state index contributed by atoms with van der Waals surface area (Å²) in [5.41, 5.74) is 0. The van der Waals surface area contributed by atoms with Gasteiger partial charge in [-0.1, -0.05) is 6.07 Å². The number of hydrogen-bond donors (Lipinski definition) is 1. The van der Waals surface area contributed by atoms with Gasteiger partial charge in [0.15, 0.2) is 0 Å². The molecule has 0 aromatic carbocycles. The molecule has 0 bridgehead atoms. The fraction of sp³-hybridized carbons (Fsp3) is 0.588. The summed E-state index contributed by atoms with van der Waals surface area (Å²) in [6.07, 6.45) is 2.11. The molecular formula is C17H25N5O3. The van der Waals surface area contributed by atoms with Crippen molar-refractivity contribution in [3.05, 3.63) is 24.4 Å². The standard InChI is InChI=1S/C17H25N5O3/c23-16(21-11-13-25-14-12-21)4-6-19-17(24)22-9-7-20(8-10-22)15-3-1-2-5-18-15/h1-3,5H,4,6-14H2,(H,19,24). The van der Waals surface area contributed by atoms with Crippen molar-refractivity contribution in [2.45, 2.75) is 6.42 Å². The van der Waals surface area contributed by atoms with Crippen LogP contribution in [0.3, 0.4) is 0 Å². The minimum Gasteiger partial charge on any atom is -0.378 e. The average molecular weight is 347 g/mol. The number of anilines is 1. The van der Waals surface area contributed by atoms with E-state index < -0.39 is 0 Å². The molecule has 0 spiro atoms. The van der Waals surface area contributed by atoms with Crippen LogP contribution in [0.25, 0.3) is 0 Å². The van der Waals surface area contributed by atoms with E-state index in [1.54, 1.807) is 16.0 Å². The lowest BCUT2D eigenvalue weighted by Crippen LogP contribution is -2.52. The third-order valence-electron chi connectivity index (χ3n) is 4.52. The third-order valence-corrected chi connectivity index (χ3v) is 4.52. The van der Waals surface area contributed by atoms with Crippen LogP contribution in [-0.4, -0.2) is 85.7 Å². The molecule has 2 aliphatic heterocycles. The number of piperazine rings is 1. The summed E-state index contributed by atoms with van der Waals surface area (Å²) in [5, 5.41) is 2.85. The highest BCUT2D eigenvalue weighted by molar-refractivity contribution is 5.78. The molecule has 0 atom stereocenters. The van der Waals surface area contributed by atoms with E-state index in [4.69, 9.17) is 4.74 Å². The van der Waals surface area contributed by atoms with Gasteiger partial charge in [0.1, 0.15) is 5.82 Å². The zero-order valence-electron chi connectivity index (χ0n) is 14.4. The van der Waals surface area contributed by atoms with Gasteiger partial charge in [0, 0.05) is 58.4 Å². The van der Waals surface area contributed by atoms with E-state index in [1.165, 1.54) is 0 Å². The Morgan fingerprint density at radius 1 is 1.04 bits per heavy atom. The number of urea groups is 1. The quantitative estimate of drug-likeness (QED) is 0.840. The fourth-order valence-corrected chi connectivity index (χ4v) is 3.04. The Morgan fingerprint density at radius 2 is 1.80 bits per heavy atom. The van der Waals surface area contributed by atoms with Crippen LogP contribution in [-0.2, 0) is 9.53 Å².